The van der Waals surface area contributed by atoms with Crippen LogP contribution in [-0.4, -0.2) is 37.9 Å². The van der Waals surface area contributed by atoms with E-state index < -0.39 is 21.8 Å². The highest BCUT2D eigenvalue weighted by atomic mass is 32.2. The van der Waals surface area contributed by atoms with Gasteiger partial charge < -0.3 is 9.47 Å². The minimum absolute atomic E-state index is 0.344. The van der Waals surface area contributed by atoms with Crippen molar-refractivity contribution in [2.45, 2.75) is 104 Å². The smallest absolute Gasteiger partial charge is 0.333 e. The van der Waals surface area contributed by atoms with Gasteiger partial charge in [-0.2, -0.15) is 8.42 Å². The molecule has 0 heterocycles. The van der Waals surface area contributed by atoms with Crippen molar-refractivity contribution in [3.05, 3.63) is 35.4 Å². The van der Waals surface area contributed by atoms with Gasteiger partial charge in [0.05, 0.1) is 6.61 Å². The van der Waals surface area contributed by atoms with E-state index in [0.29, 0.717) is 12.2 Å². The van der Waals surface area contributed by atoms with E-state index in [2.05, 4.69) is 6.92 Å². The molecule has 0 aliphatic carbocycles. The van der Waals surface area contributed by atoms with Gasteiger partial charge in [-0.25, -0.2) is 4.79 Å². The Morgan fingerprint density at radius 3 is 1.77 bits per heavy atom. The van der Waals surface area contributed by atoms with Gasteiger partial charge >= 0.3 is 5.97 Å². The monoisotopic (exact) mass is 510 g/mol. The second kappa shape index (κ2) is 19.3. The molecule has 0 fully saturated rings. The van der Waals surface area contributed by atoms with E-state index in [1.54, 1.807) is 13.0 Å². The summed E-state index contributed by atoms with van der Waals surface area (Å²) in [5.41, 5.74) is 1.16. The molecule has 1 aromatic rings. The lowest BCUT2D eigenvalue weighted by molar-refractivity contribution is -0.138. The Labute approximate surface area is 213 Å². The van der Waals surface area contributed by atoms with Gasteiger partial charge in [0.1, 0.15) is 18.1 Å². The summed E-state index contributed by atoms with van der Waals surface area (Å²) in [7, 11) is -4.14. The van der Waals surface area contributed by atoms with E-state index in [1.807, 2.05) is 24.3 Å². The lowest BCUT2D eigenvalue weighted by Crippen LogP contribution is -2.15. The van der Waals surface area contributed by atoms with Gasteiger partial charge in [0, 0.05) is 5.57 Å². The number of carbonyl (C=O) groups excluding carboxylic acids is 1. The van der Waals surface area contributed by atoms with Crippen LogP contribution in [0.15, 0.2) is 29.8 Å². The first-order chi connectivity index (χ1) is 16.8. The molecule has 6 nitrogen and oxygen atoms in total. The Bertz CT molecular complexity index is 814. The normalized spacial score (nSPS) is 12.0. The van der Waals surface area contributed by atoms with E-state index in [-0.39, 0.29) is 6.61 Å². The zero-order valence-corrected chi connectivity index (χ0v) is 22.6. The van der Waals surface area contributed by atoms with Crippen LogP contribution in [-0.2, 0) is 19.6 Å². The topological polar surface area (TPSA) is 89.9 Å². The van der Waals surface area contributed by atoms with Gasteiger partial charge in [0.2, 0.25) is 0 Å². The maximum atomic E-state index is 11.9. The molecule has 0 saturated carbocycles. The summed E-state index contributed by atoms with van der Waals surface area (Å²) in [6.45, 7) is 4.18. The maximum absolute atomic E-state index is 11.9. The fourth-order valence-electron chi connectivity index (χ4n) is 3.81. The third-order valence-electron chi connectivity index (χ3n) is 5.93. The number of hydrogen-bond acceptors (Lipinski definition) is 5. The molecule has 0 amide bonds. The molecule has 1 rings (SSSR count). The number of hydrogen-bond donors (Lipinski definition) is 1. The standard InChI is InChI=1S/C28H46O6S/c1-3-4-5-6-7-8-9-10-11-12-13-14-15-16-21-33-27-19-17-26(18-20-27)24-25(2)28(29)34-22-23-35(30,31)32/h17-20,24H,3-16,21-23H2,1-2H3,(H,30,31,32)/b25-24+. The molecular formula is C28H46O6S. The molecule has 0 bridgehead atoms. The fraction of sp³-hybridized carbons (Fsp3) is 0.679. The second-order valence-corrected chi connectivity index (χ2v) is 10.8. The predicted octanol–water partition coefficient (Wildman–Crippen LogP) is 7.38. The summed E-state index contributed by atoms with van der Waals surface area (Å²) in [6.07, 6.45) is 20.3. The molecule has 0 radical (unpaired) electrons. The zero-order chi connectivity index (χ0) is 25.8. The van der Waals surface area contributed by atoms with Crippen molar-refractivity contribution in [1.29, 1.82) is 0 Å². The summed E-state index contributed by atoms with van der Waals surface area (Å²) < 4.78 is 40.7. The third-order valence-corrected chi connectivity index (χ3v) is 6.61. The van der Waals surface area contributed by atoms with Gasteiger partial charge in [0.25, 0.3) is 10.1 Å². The highest BCUT2D eigenvalue weighted by Crippen LogP contribution is 2.16. The van der Waals surface area contributed by atoms with E-state index in [0.717, 1.165) is 17.7 Å². The van der Waals surface area contributed by atoms with Crippen LogP contribution < -0.4 is 4.74 Å². The number of ether oxygens (including phenoxy) is 2. The summed E-state index contributed by atoms with van der Waals surface area (Å²) in [5.74, 6) is -0.436. The largest absolute Gasteiger partial charge is 0.494 e. The molecule has 1 N–H and O–H groups in total. The lowest BCUT2D eigenvalue weighted by atomic mass is 10.0. The first-order valence-corrected chi connectivity index (χ1v) is 15.0. The van der Waals surface area contributed by atoms with Gasteiger partial charge in [-0.1, -0.05) is 103 Å². The highest BCUT2D eigenvalue weighted by molar-refractivity contribution is 7.85. The number of esters is 1. The Hall–Kier alpha value is -1.86. The van der Waals surface area contributed by atoms with Crippen LogP contribution in [0, 0.1) is 0 Å². The highest BCUT2D eigenvalue weighted by Gasteiger charge is 2.10. The Balaban J connectivity index is 2.07. The summed E-state index contributed by atoms with van der Waals surface area (Å²) in [6, 6.07) is 7.45. The molecule has 0 atom stereocenters. The second-order valence-electron chi connectivity index (χ2n) is 9.26. The van der Waals surface area contributed by atoms with Crippen LogP contribution in [0.1, 0.15) is 109 Å². The summed E-state index contributed by atoms with van der Waals surface area (Å²) in [4.78, 5) is 11.9. The van der Waals surface area contributed by atoms with Gasteiger partial charge in [-0.3, -0.25) is 4.55 Å². The average molecular weight is 511 g/mol. The molecular weight excluding hydrogens is 464 g/mol. The van der Waals surface area contributed by atoms with Crippen LogP contribution in [0.3, 0.4) is 0 Å². The minimum Gasteiger partial charge on any atom is -0.494 e. The van der Waals surface area contributed by atoms with Crippen LogP contribution in [0.5, 0.6) is 5.75 Å². The predicted molar refractivity (Wildman–Crippen MR) is 143 cm³/mol. The van der Waals surface area contributed by atoms with E-state index in [4.69, 9.17) is 14.0 Å². The number of unbranched alkanes of at least 4 members (excludes halogenated alkanes) is 13. The first-order valence-electron chi connectivity index (χ1n) is 13.4. The lowest BCUT2D eigenvalue weighted by Gasteiger charge is -2.07. The van der Waals surface area contributed by atoms with Gasteiger partial charge in [0.15, 0.2) is 0 Å². The van der Waals surface area contributed by atoms with Crippen LogP contribution >= 0.6 is 0 Å². The Kier molecular flexibility index (Phi) is 17.2. The average Bonchev–Trinajstić information content (AvgIpc) is 2.81. The van der Waals surface area contributed by atoms with Gasteiger partial charge in [-0.15, -0.1) is 0 Å². The molecule has 35 heavy (non-hydrogen) atoms. The van der Waals surface area contributed by atoms with Crippen LogP contribution in [0.25, 0.3) is 6.08 Å². The molecule has 0 aromatic heterocycles. The van der Waals surface area contributed by atoms with Crippen LogP contribution in [0.4, 0.5) is 0 Å². The van der Waals surface area contributed by atoms with Gasteiger partial charge in [-0.05, 0) is 37.1 Å². The summed E-state index contributed by atoms with van der Waals surface area (Å²) >= 11 is 0. The SMILES string of the molecule is CCCCCCCCCCCCCCCCOc1ccc(/C=C(\C)C(=O)OCCS(=O)(=O)O)cc1. The fourth-order valence-corrected chi connectivity index (χ4v) is 4.10. The van der Waals surface area contributed by atoms with E-state index in [9.17, 15) is 13.2 Å². The van der Waals surface area contributed by atoms with Crippen molar-refractivity contribution in [3.8, 4) is 5.75 Å². The van der Waals surface area contributed by atoms with Crippen LogP contribution in [0.2, 0.25) is 0 Å². The molecule has 0 unspecified atom stereocenters. The van der Waals surface area contributed by atoms with Crippen molar-refractivity contribution < 1.29 is 27.2 Å². The number of carbonyl (C=O) groups is 1. The molecule has 0 aliphatic heterocycles. The van der Waals surface area contributed by atoms with Crippen molar-refractivity contribution in [1.82, 2.24) is 0 Å². The number of benzene rings is 1. The molecule has 0 spiro atoms. The number of rotatable bonds is 21. The van der Waals surface area contributed by atoms with Crippen molar-refractivity contribution in [2.75, 3.05) is 19.0 Å². The van der Waals surface area contributed by atoms with E-state index >= 15 is 0 Å². The Morgan fingerprint density at radius 2 is 1.29 bits per heavy atom. The zero-order valence-electron chi connectivity index (χ0n) is 21.8. The molecule has 200 valence electrons. The van der Waals surface area contributed by atoms with Crippen molar-refractivity contribution in [2.24, 2.45) is 0 Å². The molecule has 0 aliphatic rings. The minimum atomic E-state index is -4.14. The third kappa shape index (κ3) is 18.1. The maximum Gasteiger partial charge on any atom is 0.333 e. The molecule has 7 heteroatoms. The first kappa shape index (κ1) is 31.2. The van der Waals surface area contributed by atoms with Crippen molar-refractivity contribution >= 4 is 22.2 Å². The van der Waals surface area contributed by atoms with E-state index in [1.165, 1.54) is 83.5 Å². The Morgan fingerprint density at radius 1 is 0.800 bits per heavy atom. The molecule has 0 saturated heterocycles. The van der Waals surface area contributed by atoms with Crippen molar-refractivity contribution in [3.63, 3.8) is 0 Å². The quantitative estimate of drug-likeness (QED) is 0.0803. The summed E-state index contributed by atoms with van der Waals surface area (Å²) in [5, 5.41) is 0. The molecule has 1 aromatic carbocycles.